The van der Waals surface area contributed by atoms with Gasteiger partial charge in [0.1, 0.15) is 0 Å². The van der Waals surface area contributed by atoms with Crippen LogP contribution in [-0.4, -0.2) is 44.0 Å². The van der Waals surface area contributed by atoms with Crippen LogP contribution in [0, 0.1) is 0 Å². The Balaban J connectivity index is 3.83. The monoisotopic (exact) mass is 630 g/mol. The minimum atomic E-state index is -2.38. The molecule has 0 aliphatic rings. The Morgan fingerprint density at radius 2 is 1.00 bits per heavy atom. The van der Waals surface area contributed by atoms with E-state index in [-0.39, 0.29) is 11.9 Å². The summed E-state index contributed by atoms with van der Waals surface area (Å²) in [5.74, 6) is -0.186. The third kappa shape index (κ3) is 23.1. The molecule has 0 amide bonds. The van der Waals surface area contributed by atoms with E-state index in [2.05, 4.69) is 29.6 Å². The predicted octanol–water partition coefficient (Wildman–Crippen LogP) is 10.1. The van der Waals surface area contributed by atoms with Crippen LogP contribution in [0.2, 0.25) is 13.3 Å². The maximum absolute atomic E-state index is 12.4. The van der Waals surface area contributed by atoms with E-state index in [1.54, 1.807) is 0 Å². The van der Waals surface area contributed by atoms with Crippen molar-refractivity contribution < 1.29 is 19.1 Å². The van der Waals surface area contributed by atoms with Crippen LogP contribution in [-0.2, 0) is 19.1 Å². The second-order valence-corrected chi connectivity index (χ2v) is 24.1. The summed E-state index contributed by atoms with van der Waals surface area (Å²) in [6.45, 7) is 7.44. The summed E-state index contributed by atoms with van der Waals surface area (Å²) < 4.78 is 16.8. The Kier molecular flexibility index (Phi) is 26.7. The van der Waals surface area contributed by atoms with Crippen molar-refractivity contribution in [3.8, 4) is 0 Å². The molecular weight excluding hydrogens is 567 g/mol. The summed E-state index contributed by atoms with van der Waals surface area (Å²) >= 11 is -2.38. The van der Waals surface area contributed by atoms with Crippen molar-refractivity contribution in [3.63, 3.8) is 0 Å². The van der Waals surface area contributed by atoms with Crippen LogP contribution in [0.25, 0.3) is 0 Å². The third-order valence-corrected chi connectivity index (χ3v) is 21.7. The van der Waals surface area contributed by atoms with Gasteiger partial charge in [-0.15, -0.1) is 0 Å². The molecule has 218 valence electrons. The molecule has 0 aliphatic heterocycles. The molecule has 0 unspecified atom stereocenters. The van der Waals surface area contributed by atoms with Crippen LogP contribution < -0.4 is 0 Å². The van der Waals surface area contributed by atoms with E-state index >= 15 is 0 Å². The number of rotatable bonds is 27. The van der Waals surface area contributed by atoms with Gasteiger partial charge >= 0.3 is 174 Å². The van der Waals surface area contributed by atoms with Gasteiger partial charge in [-0.05, 0) is 6.42 Å². The molecule has 37 heavy (non-hydrogen) atoms. The van der Waals surface area contributed by atoms with Crippen molar-refractivity contribution >= 4 is 30.3 Å². The van der Waals surface area contributed by atoms with Gasteiger partial charge in [-0.1, -0.05) is 32.1 Å². The summed E-state index contributed by atoms with van der Waals surface area (Å²) in [5.41, 5.74) is 0. The molecule has 0 fully saturated rings. The number of carbonyl (C=O) groups is 2. The van der Waals surface area contributed by atoms with E-state index in [0.29, 0.717) is 13.0 Å². The van der Waals surface area contributed by atoms with E-state index in [4.69, 9.17) is 4.74 Å². The summed E-state index contributed by atoms with van der Waals surface area (Å²) in [6.07, 6.45) is 26.1. The molecule has 0 heterocycles. The van der Waals surface area contributed by atoms with Crippen LogP contribution in [0.3, 0.4) is 0 Å². The maximum atomic E-state index is 12.4. The Morgan fingerprint density at radius 1 is 0.595 bits per heavy atom. The second kappa shape index (κ2) is 27.1. The van der Waals surface area contributed by atoms with E-state index in [1.807, 2.05) is 6.08 Å². The Morgan fingerprint density at radius 3 is 1.41 bits per heavy atom. The summed E-state index contributed by atoms with van der Waals surface area (Å²) in [4.78, 5) is 23.5. The van der Waals surface area contributed by atoms with Crippen LogP contribution in [0.1, 0.15) is 149 Å². The first-order valence-electron chi connectivity index (χ1n) is 16.0. The average Bonchev–Trinajstić information content (AvgIpc) is 2.91. The van der Waals surface area contributed by atoms with Crippen molar-refractivity contribution in [3.05, 3.63) is 10.2 Å². The molecule has 0 radical (unpaired) electrons. The fourth-order valence-corrected chi connectivity index (χ4v) is 19.1. The van der Waals surface area contributed by atoms with E-state index in [0.717, 1.165) is 25.7 Å². The normalized spacial score (nSPS) is 11.8. The van der Waals surface area contributed by atoms with Crippen molar-refractivity contribution in [2.24, 2.45) is 0 Å². The SMILES string of the molecule is CCC[CH2][Sn](/[CH]=C/C(=O)OCCCCCCCCCCCCCCCC(=O)OC)([CH2]CCC)[CH2]CCC. The molecule has 0 N–H and O–H groups in total. The Hall–Kier alpha value is -0.521. The van der Waals surface area contributed by atoms with Gasteiger partial charge in [0.15, 0.2) is 0 Å². The zero-order valence-corrected chi connectivity index (χ0v) is 28.1. The number of hydrogen-bond donors (Lipinski definition) is 0. The van der Waals surface area contributed by atoms with Gasteiger partial charge in [0, 0.05) is 6.42 Å². The molecule has 0 spiro atoms. The molecule has 5 heteroatoms. The topological polar surface area (TPSA) is 52.6 Å². The molecule has 0 saturated heterocycles. The van der Waals surface area contributed by atoms with Gasteiger partial charge in [0.25, 0.3) is 0 Å². The fourth-order valence-electron chi connectivity index (χ4n) is 5.10. The van der Waals surface area contributed by atoms with Gasteiger partial charge in [-0.25, -0.2) is 0 Å². The zero-order chi connectivity index (χ0) is 27.5. The number of unbranched alkanes of at least 4 members (excludes halogenated alkanes) is 15. The predicted molar refractivity (Wildman–Crippen MR) is 162 cm³/mol. The summed E-state index contributed by atoms with van der Waals surface area (Å²) in [5, 5.41) is 0. The van der Waals surface area contributed by atoms with Gasteiger partial charge in [0.2, 0.25) is 0 Å². The van der Waals surface area contributed by atoms with Crippen LogP contribution in [0.5, 0.6) is 0 Å². The van der Waals surface area contributed by atoms with Crippen molar-refractivity contribution in [1.82, 2.24) is 0 Å². The fraction of sp³-hybridized carbons (Fsp3) is 0.875. The number of ether oxygens (including phenoxy) is 2. The van der Waals surface area contributed by atoms with Crippen molar-refractivity contribution in [2.45, 2.75) is 162 Å². The first-order valence-corrected chi connectivity index (χ1v) is 23.7. The number of hydrogen-bond acceptors (Lipinski definition) is 4. The van der Waals surface area contributed by atoms with Gasteiger partial charge < -0.3 is 4.74 Å². The summed E-state index contributed by atoms with van der Waals surface area (Å²) in [7, 11) is 1.46. The molecule has 0 aromatic heterocycles. The van der Waals surface area contributed by atoms with E-state index in [9.17, 15) is 9.59 Å². The Labute approximate surface area is 235 Å². The average molecular weight is 630 g/mol. The molecule has 0 aromatic carbocycles. The molecule has 0 aromatic rings. The van der Waals surface area contributed by atoms with Crippen LogP contribution >= 0.6 is 0 Å². The van der Waals surface area contributed by atoms with E-state index in [1.165, 1.54) is 117 Å². The van der Waals surface area contributed by atoms with Gasteiger partial charge in [0.05, 0.1) is 7.11 Å². The first kappa shape index (κ1) is 36.5. The van der Waals surface area contributed by atoms with Gasteiger partial charge in [-0.3, -0.25) is 4.79 Å². The quantitative estimate of drug-likeness (QED) is 0.0393. The minimum absolute atomic E-state index is 0.0834. The molecule has 4 nitrogen and oxygen atoms in total. The first-order chi connectivity index (χ1) is 18.0. The number of esters is 2. The molecule has 0 rings (SSSR count). The molecular formula is C32H62O4Sn. The summed E-state index contributed by atoms with van der Waals surface area (Å²) in [6, 6.07) is 0. The van der Waals surface area contributed by atoms with Crippen molar-refractivity contribution in [2.75, 3.05) is 13.7 Å². The van der Waals surface area contributed by atoms with E-state index < -0.39 is 18.4 Å². The molecule has 0 saturated carbocycles. The van der Waals surface area contributed by atoms with Crippen LogP contribution in [0.4, 0.5) is 0 Å². The third-order valence-electron chi connectivity index (χ3n) is 7.65. The number of methoxy groups -OCH3 is 1. The van der Waals surface area contributed by atoms with Crippen molar-refractivity contribution in [1.29, 1.82) is 0 Å². The molecule has 0 bridgehead atoms. The standard InChI is InChI=1S/C20H35O4.3C4H9.Sn/c1-3-19(21)24-18-16-14-12-10-8-6-4-5-7-9-11-13-15-17-20(22)23-2;3*1-3-4-2;/h1,3H,4-18H2,2H3;3*1,3-4H2,2H3;. The second-order valence-electron chi connectivity index (χ2n) is 11.1. The molecule has 0 atom stereocenters. The Bertz CT molecular complexity index is 539. The zero-order valence-electron chi connectivity index (χ0n) is 25.3. The van der Waals surface area contributed by atoms with Crippen LogP contribution in [0.15, 0.2) is 10.2 Å². The van der Waals surface area contributed by atoms with Gasteiger partial charge in [-0.2, -0.15) is 0 Å². The number of carbonyl (C=O) groups excluding carboxylic acids is 2. The molecule has 0 aliphatic carbocycles.